The molecule has 5 nitrogen and oxygen atoms in total. The second-order valence-electron chi connectivity index (χ2n) is 7.31. The molecular weight excluding hydrogens is 418 g/mol. The largest absolute Gasteiger partial charge is 0.321 e. The Kier molecular flexibility index (Phi) is 5.45. The quantitative estimate of drug-likeness (QED) is 0.468. The lowest BCUT2D eigenvalue weighted by Crippen LogP contribution is -2.21. The van der Waals surface area contributed by atoms with Crippen molar-refractivity contribution in [1.29, 1.82) is 0 Å². The zero-order valence-corrected chi connectivity index (χ0v) is 18.4. The fourth-order valence-corrected chi connectivity index (χ4v) is 4.57. The average Bonchev–Trinajstić information content (AvgIpc) is 3.05. The van der Waals surface area contributed by atoms with Gasteiger partial charge in [-0.05, 0) is 55.7 Å². The molecule has 1 amide bonds. The molecule has 30 heavy (non-hydrogen) atoms. The second kappa shape index (κ2) is 8.05. The summed E-state index contributed by atoms with van der Waals surface area (Å²) in [4.78, 5) is 31.5. The van der Waals surface area contributed by atoms with E-state index >= 15 is 0 Å². The van der Waals surface area contributed by atoms with Gasteiger partial charge >= 0.3 is 0 Å². The monoisotopic (exact) mass is 437 g/mol. The van der Waals surface area contributed by atoms with E-state index in [0.717, 1.165) is 22.4 Å². The van der Waals surface area contributed by atoms with Crippen LogP contribution in [0.15, 0.2) is 53.6 Å². The van der Waals surface area contributed by atoms with Gasteiger partial charge in [-0.15, -0.1) is 11.3 Å². The number of aryl methyl sites for hydroxylation is 3. The molecule has 0 fully saturated rings. The molecule has 4 rings (SSSR count). The zero-order valence-electron chi connectivity index (χ0n) is 16.8. The minimum atomic E-state index is -0.230. The number of amides is 1. The van der Waals surface area contributed by atoms with Crippen molar-refractivity contribution in [2.45, 2.75) is 27.3 Å². The molecule has 0 unspecified atom stereocenters. The summed E-state index contributed by atoms with van der Waals surface area (Å²) in [6.07, 6.45) is 1.53. The summed E-state index contributed by atoms with van der Waals surface area (Å²) in [6, 6.07) is 13.2. The van der Waals surface area contributed by atoms with Crippen LogP contribution in [0.25, 0.3) is 10.2 Å². The van der Waals surface area contributed by atoms with E-state index in [-0.39, 0.29) is 11.5 Å². The summed E-state index contributed by atoms with van der Waals surface area (Å²) in [5.74, 6) is -0.230. The van der Waals surface area contributed by atoms with Crippen LogP contribution < -0.4 is 10.9 Å². The van der Waals surface area contributed by atoms with Crippen LogP contribution in [-0.2, 0) is 6.54 Å². The van der Waals surface area contributed by atoms with Crippen LogP contribution in [0.3, 0.4) is 0 Å². The number of hydrogen-bond acceptors (Lipinski definition) is 4. The first-order valence-electron chi connectivity index (χ1n) is 9.45. The first kappa shape index (κ1) is 20.3. The summed E-state index contributed by atoms with van der Waals surface area (Å²) in [5.41, 5.74) is 4.33. The maximum Gasteiger partial charge on any atom is 0.266 e. The molecule has 2 aromatic carbocycles. The van der Waals surface area contributed by atoms with Gasteiger partial charge in [-0.3, -0.25) is 14.2 Å². The number of hydrogen-bond donors (Lipinski definition) is 1. The van der Waals surface area contributed by atoms with Crippen molar-refractivity contribution in [2.75, 3.05) is 5.32 Å². The lowest BCUT2D eigenvalue weighted by molar-refractivity contribution is 0.103. The Morgan fingerprint density at radius 1 is 1.13 bits per heavy atom. The van der Waals surface area contributed by atoms with Crippen LogP contribution in [-0.4, -0.2) is 15.5 Å². The summed E-state index contributed by atoms with van der Waals surface area (Å²) in [5, 5.41) is 4.09. The van der Waals surface area contributed by atoms with E-state index in [9.17, 15) is 9.59 Å². The van der Waals surface area contributed by atoms with Crippen LogP contribution >= 0.6 is 22.9 Å². The number of fused-ring (bicyclic) bond motifs is 1. The Bertz CT molecular complexity index is 1320. The van der Waals surface area contributed by atoms with Crippen LogP contribution in [0, 0.1) is 20.8 Å². The van der Waals surface area contributed by atoms with Gasteiger partial charge in [-0.25, -0.2) is 4.98 Å². The van der Waals surface area contributed by atoms with Gasteiger partial charge in [0, 0.05) is 10.7 Å². The third kappa shape index (κ3) is 3.88. The maximum atomic E-state index is 13.1. The summed E-state index contributed by atoms with van der Waals surface area (Å²) < 4.78 is 1.55. The first-order valence-corrected chi connectivity index (χ1v) is 10.6. The van der Waals surface area contributed by atoms with Crippen molar-refractivity contribution >= 4 is 44.7 Å². The van der Waals surface area contributed by atoms with E-state index in [1.54, 1.807) is 23.6 Å². The highest BCUT2D eigenvalue weighted by molar-refractivity contribution is 7.20. The van der Waals surface area contributed by atoms with E-state index in [1.165, 1.54) is 17.7 Å². The van der Waals surface area contributed by atoms with Gasteiger partial charge in [-0.1, -0.05) is 41.4 Å². The Balaban J connectivity index is 1.68. The van der Waals surface area contributed by atoms with Crippen molar-refractivity contribution in [2.24, 2.45) is 0 Å². The Hall–Kier alpha value is -2.96. The number of carbonyl (C=O) groups excluding carboxylic acids is 1. The van der Waals surface area contributed by atoms with Gasteiger partial charge < -0.3 is 5.32 Å². The van der Waals surface area contributed by atoms with Crippen LogP contribution in [0.2, 0.25) is 5.02 Å². The molecule has 7 heteroatoms. The molecule has 0 spiro atoms. The minimum Gasteiger partial charge on any atom is -0.321 e. The van der Waals surface area contributed by atoms with Gasteiger partial charge in [-0.2, -0.15) is 0 Å². The Labute approximate surface area is 183 Å². The fourth-order valence-electron chi connectivity index (χ4n) is 3.41. The predicted molar refractivity (Wildman–Crippen MR) is 123 cm³/mol. The second-order valence-corrected chi connectivity index (χ2v) is 8.75. The van der Waals surface area contributed by atoms with E-state index < -0.39 is 0 Å². The summed E-state index contributed by atoms with van der Waals surface area (Å²) in [7, 11) is 0. The van der Waals surface area contributed by atoms with Gasteiger partial charge in [0.2, 0.25) is 0 Å². The molecule has 0 aliphatic rings. The van der Waals surface area contributed by atoms with Crippen molar-refractivity contribution in [3.63, 3.8) is 0 Å². The van der Waals surface area contributed by atoms with E-state index in [1.807, 2.05) is 44.2 Å². The summed E-state index contributed by atoms with van der Waals surface area (Å²) >= 11 is 7.17. The van der Waals surface area contributed by atoms with Crippen molar-refractivity contribution in [3.8, 4) is 0 Å². The number of nitrogens with zero attached hydrogens (tertiary/aromatic N) is 2. The van der Waals surface area contributed by atoms with Crippen molar-refractivity contribution in [1.82, 2.24) is 9.55 Å². The first-order chi connectivity index (χ1) is 14.3. The molecule has 1 N–H and O–H groups in total. The highest BCUT2D eigenvalue weighted by Crippen LogP contribution is 2.28. The van der Waals surface area contributed by atoms with E-state index in [4.69, 9.17) is 11.6 Å². The molecular formula is C23H20ClN3O2S. The number of aromatic nitrogens is 2. The molecule has 4 aromatic rings. The smallest absolute Gasteiger partial charge is 0.266 e. The molecule has 0 aliphatic carbocycles. The highest BCUT2D eigenvalue weighted by Gasteiger charge is 2.20. The number of nitrogens with one attached hydrogen (secondary N) is 1. The molecule has 0 saturated heterocycles. The number of carbonyl (C=O) groups is 1. The normalized spacial score (nSPS) is 11.1. The van der Waals surface area contributed by atoms with Crippen LogP contribution in [0.5, 0.6) is 0 Å². The van der Waals surface area contributed by atoms with Crippen molar-refractivity contribution < 1.29 is 4.79 Å². The van der Waals surface area contributed by atoms with Crippen LogP contribution in [0.4, 0.5) is 5.69 Å². The standard InChI is InChI=1S/C23H20ClN3O2S/c1-13-4-9-18(14(2)10-13)26-21(28)20-15(3)19-22(30-20)25-12-27(23(19)29)11-16-5-7-17(24)8-6-16/h4-10,12H,11H2,1-3H3,(H,26,28). The fraction of sp³-hybridized carbons (Fsp3) is 0.174. The molecule has 2 heterocycles. The highest BCUT2D eigenvalue weighted by atomic mass is 35.5. The molecule has 0 saturated carbocycles. The van der Waals surface area contributed by atoms with Crippen LogP contribution in [0.1, 0.15) is 31.9 Å². The molecule has 2 aromatic heterocycles. The molecule has 0 aliphatic heterocycles. The van der Waals surface area contributed by atoms with E-state index in [0.29, 0.717) is 32.2 Å². The summed E-state index contributed by atoms with van der Waals surface area (Å²) in [6.45, 7) is 6.15. The van der Waals surface area contributed by atoms with Crippen molar-refractivity contribution in [3.05, 3.63) is 91.3 Å². The zero-order chi connectivity index (χ0) is 21.4. The average molecular weight is 438 g/mol. The predicted octanol–water partition coefficient (Wildman–Crippen LogP) is 5.34. The topological polar surface area (TPSA) is 64.0 Å². The Morgan fingerprint density at radius 3 is 2.57 bits per heavy atom. The van der Waals surface area contributed by atoms with Gasteiger partial charge in [0.15, 0.2) is 0 Å². The Morgan fingerprint density at radius 2 is 1.87 bits per heavy atom. The SMILES string of the molecule is Cc1ccc(NC(=O)c2sc3ncn(Cc4ccc(Cl)cc4)c(=O)c3c2C)c(C)c1. The number of anilines is 1. The molecule has 0 atom stereocenters. The minimum absolute atomic E-state index is 0.158. The third-order valence-corrected chi connectivity index (χ3v) is 6.47. The van der Waals surface area contributed by atoms with Gasteiger partial charge in [0.05, 0.1) is 23.1 Å². The number of benzene rings is 2. The van der Waals surface area contributed by atoms with Gasteiger partial charge in [0.1, 0.15) is 4.83 Å². The van der Waals surface area contributed by atoms with E-state index in [2.05, 4.69) is 10.3 Å². The molecule has 0 bridgehead atoms. The molecule has 152 valence electrons. The maximum absolute atomic E-state index is 13.1. The number of halogens is 1. The third-order valence-electron chi connectivity index (χ3n) is 5.02. The number of thiophene rings is 1. The number of rotatable bonds is 4. The molecule has 0 radical (unpaired) electrons. The lowest BCUT2D eigenvalue weighted by atomic mass is 10.1. The van der Waals surface area contributed by atoms with Gasteiger partial charge in [0.25, 0.3) is 11.5 Å². The lowest BCUT2D eigenvalue weighted by Gasteiger charge is -2.08.